The van der Waals surface area contributed by atoms with E-state index in [1.54, 1.807) is 0 Å². The maximum absolute atomic E-state index is 12.2. The van der Waals surface area contributed by atoms with Gasteiger partial charge in [-0.05, 0) is 15.9 Å². The quantitative estimate of drug-likeness (QED) is 0.638. The van der Waals surface area contributed by atoms with Crippen LogP contribution in [0.4, 0.5) is 17.6 Å². The summed E-state index contributed by atoms with van der Waals surface area (Å²) >= 11 is 2.50. The number of rotatable bonds is 0. The van der Waals surface area contributed by atoms with Gasteiger partial charge in [0.05, 0.1) is 10.7 Å². The third-order valence-corrected chi connectivity index (χ3v) is 1.59. The molecule has 65 valence electrons. The molecule has 1 rings (SSSR count). The van der Waals surface area contributed by atoms with Crippen LogP contribution in [0.15, 0.2) is 10.7 Å². The van der Waals surface area contributed by atoms with Crippen LogP contribution in [0.2, 0.25) is 0 Å². The molecule has 0 bridgehead atoms. The van der Waals surface area contributed by atoms with Crippen LogP contribution < -0.4 is 0 Å². The van der Waals surface area contributed by atoms with Gasteiger partial charge in [0.15, 0.2) is 11.5 Å². The number of pyridine rings is 1. The van der Waals surface area contributed by atoms with Crippen molar-refractivity contribution in [1.82, 2.24) is 4.98 Å². The van der Waals surface area contributed by atoms with Crippen molar-refractivity contribution in [1.29, 1.82) is 0 Å². The predicted octanol–water partition coefficient (Wildman–Crippen LogP) is 2.80. The molecule has 0 aliphatic heterocycles. The molecule has 0 saturated carbocycles. The summed E-state index contributed by atoms with van der Waals surface area (Å²) in [5.41, 5.74) is -1.18. The average molecular weight is 243 g/mol. The molecule has 0 aromatic carbocycles. The normalized spacial score (nSPS) is 11.8. The first kappa shape index (κ1) is 9.44. The molecule has 0 amide bonds. The summed E-state index contributed by atoms with van der Waals surface area (Å²) in [5.74, 6) is -0.935. The smallest absolute Gasteiger partial charge is 0.248 e. The SMILES string of the molecule is Fc1[c]c(Br)c(C(F)(F)F)nc1. The summed E-state index contributed by atoms with van der Waals surface area (Å²) in [6.07, 6.45) is -4.11. The Morgan fingerprint density at radius 1 is 1.42 bits per heavy atom. The molecule has 0 aliphatic rings. The third-order valence-electron chi connectivity index (χ3n) is 1.01. The van der Waals surface area contributed by atoms with Crippen LogP contribution in [0.3, 0.4) is 0 Å². The highest BCUT2D eigenvalue weighted by Gasteiger charge is 2.35. The van der Waals surface area contributed by atoms with E-state index >= 15 is 0 Å². The molecule has 6 heteroatoms. The molecule has 0 spiro atoms. The monoisotopic (exact) mass is 242 g/mol. The van der Waals surface area contributed by atoms with E-state index < -0.39 is 22.2 Å². The number of hydrogen-bond acceptors (Lipinski definition) is 1. The van der Waals surface area contributed by atoms with Gasteiger partial charge in [-0.3, -0.25) is 0 Å². The molecule has 0 saturated heterocycles. The fraction of sp³-hybridized carbons (Fsp3) is 0.167. The zero-order valence-electron chi connectivity index (χ0n) is 5.41. The summed E-state index contributed by atoms with van der Waals surface area (Å²) in [4.78, 5) is 2.87. The highest BCUT2D eigenvalue weighted by atomic mass is 79.9. The lowest BCUT2D eigenvalue weighted by atomic mass is 10.3. The fourth-order valence-electron chi connectivity index (χ4n) is 0.572. The highest BCUT2D eigenvalue weighted by molar-refractivity contribution is 9.10. The Morgan fingerprint density at radius 2 is 2.00 bits per heavy atom. The van der Waals surface area contributed by atoms with Crippen molar-refractivity contribution in [2.75, 3.05) is 0 Å². The molecule has 1 aromatic rings. The fourth-order valence-corrected chi connectivity index (χ4v) is 1.09. The molecule has 0 aliphatic carbocycles. The minimum Gasteiger partial charge on any atom is -0.248 e. The van der Waals surface area contributed by atoms with Crippen molar-refractivity contribution >= 4 is 15.9 Å². The van der Waals surface area contributed by atoms with Gasteiger partial charge in [0.25, 0.3) is 0 Å². The van der Waals surface area contributed by atoms with E-state index in [1.165, 1.54) is 0 Å². The van der Waals surface area contributed by atoms with Crippen LogP contribution in [0.1, 0.15) is 5.69 Å². The number of aromatic nitrogens is 1. The van der Waals surface area contributed by atoms with Crippen LogP contribution in [-0.4, -0.2) is 4.98 Å². The van der Waals surface area contributed by atoms with Crippen molar-refractivity contribution in [3.8, 4) is 0 Å². The van der Waals surface area contributed by atoms with Crippen molar-refractivity contribution in [3.63, 3.8) is 0 Å². The van der Waals surface area contributed by atoms with E-state index in [-0.39, 0.29) is 0 Å². The zero-order valence-corrected chi connectivity index (χ0v) is 7.00. The summed E-state index contributed by atoms with van der Waals surface area (Å²) in [7, 11) is 0. The lowest BCUT2D eigenvalue weighted by molar-refractivity contribution is -0.141. The van der Waals surface area contributed by atoms with Crippen LogP contribution in [0.25, 0.3) is 0 Å². The van der Waals surface area contributed by atoms with Crippen molar-refractivity contribution < 1.29 is 17.6 Å². The summed E-state index contributed by atoms with van der Waals surface area (Å²) in [5, 5.41) is 0. The van der Waals surface area contributed by atoms with Gasteiger partial charge in [-0.15, -0.1) is 0 Å². The Bertz CT molecular complexity index is 296. The second kappa shape index (κ2) is 3.01. The van der Waals surface area contributed by atoms with Gasteiger partial charge in [0, 0.05) is 6.07 Å². The van der Waals surface area contributed by atoms with Crippen molar-refractivity contribution in [3.05, 3.63) is 28.2 Å². The Balaban J connectivity index is 3.19. The van der Waals surface area contributed by atoms with Gasteiger partial charge in [0.2, 0.25) is 0 Å². The van der Waals surface area contributed by atoms with Crippen LogP contribution in [0, 0.1) is 11.9 Å². The third kappa shape index (κ3) is 1.94. The van der Waals surface area contributed by atoms with Crippen LogP contribution in [-0.2, 0) is 6.18 Å². The molecule has 1 heterocycles. The first-order chi connectivity index (χ1) is 5.41. The van der Waals surface area contributed by atoms with Crippen molar-refractivity contribution in [2.45, 2.75) is 6.18 Å². The maximum atomic E-state index is 12.2. The standard InChI is InChI=1S/C6HBrF4N/c7-4-1-3(8)2-12-5(4)6(9,10)11/h2H. The van der Waals surface area contributed by atoms with E-state index in [2.05, 4.69) is 20.9 Å². The first-order valence-corrected chi connectivity index (χ1v) is 3.51. The average Bonchev–Trinajstić information content (AvgIpc) is 1.83. The molecule has 0 unspecified atom stereocenters. The van der Waals surface area contributed by atoms with Gasteiger partial charge in [-0.1, -0.05) is 0 Å². The molecular weight excluding hydrogens is 242 g/mol. The molecule has 1 radical (unpaired) electrons. The first-order valence-electron chi connectivity index (χ1n) is 2.72. The lowest BCUT2D eigenvalue weighted by Crippen LogP contribution is -2.09. The van der Waals surface area contributed by atoms with Gasteiger partial charge in [-0.25, -0.2) is 9.37 Å². The van der Waals surface area contributed by atoms with E-state index in [0.29, 0.717) is 6.20 Å². The number of halogens is 5. The highest BCUT2D eigenvalue weighted by Crippen LogP contribution is 2.32. The number of alkyl halides is 3. The maximum Gasteiger partial charge on any atom is 0.434 e. The Hall–Kier alpha value is -0.650. The van der Waals surface area contributed by atoms with E-state index in [1.807, 2.05) is 6.07 Å². The van der Waals surface area contributed by atoms with Crippen LogP contribution in [0.5, 0.6) is 0 Å². The molecule has 1 aromatic heterocycles. The molecule has 1 nitrogen and oxygen atoms in total. The predicted molar refractivity (Wildman–Crippen MR) is 35.7 cm³/mol. The topological polar surface area (TPSA) is 12.9 Å². The molecule has 0 fully saturated rings. The molecule has 0 N–H and O–H groups in total. The van der Waals surface area contributed by atoms with Crippen molar-refractivity contribution in [2.24, 2.45) is 0 Å². The van der Waals surface area contributed by atoms with Gasteiger partial charge < -0.3 is 0 Å². The minimum absolute atomic E-state index is 0.466. The summed E-state index contributed by atoms with van der Waals surface area (Å²) < 4.78 is 47.5. The number of nitrogens with zero attached hydrogens (tertiary/aromatic N) is 1. The zero-order chi connectivity index (χ0) is 9.35. The van der Waals surface area contributed by atoms with E-state index in [9.17, 15) is 17.6 Å². The second-order valence-corrected chi connectivity index (χ2v) is 2.68. The molecule has 12 heavy (non-hydrogen) atoms. The van der Waals surface area contributed by atoms with Gasteiger partial charge in [-0.2, -0.15) is 13.2 Å². The lowest BCUT2D eigenvalue weighted by Gasteiger charge is -2.06. The van der Waals surface area contributed by atoms with Gasteiger partial charge in [0.1, 0.15) is 0 Å². The van der Waals surface area contributed by atoms with E-state index in [4.69, 9.17) is 0 Å². The van der Waals surface area contributed by atoms with Gasteiger partial charge >= 0.3 is 6.18 Å². The summed E-state index contributed by atoms with van der Waals surface area (Å²) in [6, 6.07) is 1.81. The Kier molecular flexibility index (Phi) is 2.36. The van der Waals surface area contributed by atoms with Crippen LogP contribution >= 0.6 is 15.9 Å². The van der Waals surface area contributed by atoms with E-state index in [0.717, 1.165) is 0 Å². The number of hydrogen-bond donors (Lipinski definition) is 0. The Morgan fingerprint density at radius 3 is 2.42 bits per heavy atom. The second-order valence-electron chi connectivity index (χ2n) is 1.89. The Labute approximate surface area is 73.5 Å². The largest absolute Gasteiger partial charge is 0.434 e. The minimum atomic E-state index is -4.58. The molecular formula is C6HBrF4N. The molecule has 0 atom stereocenters. The summed E-state index contributed by atoms with van der Waals surface area (Å²) in [6.45, 7) is 0.